The maximum atomic E-state index is 9.05. The molecule has 1 unspecified atom stereocenters. The first kappa shape index (κ1) is 13.1. The first-order valence-corrected chi connectivity index (χ1v) is 6.29. The van der Waals surface area contributed by atoms with Gasteiger partial charge >= 0.3 is 0 Å². The number of rotatable bonds is 4. The smallest absolute Gasteiger partial charge is 0.113 e. The molecule has 0 aromatic heterocycles. The third-order valence-electron chi connectivity index (χ3n) is 2.65. The first-order chi connectivity index (χ1) is 7.50. The van der Waals surface area contributed by atoms with Crippen LogP contribution in [0.5, 0.6) is 0 Å². The summed E-state index contributed by atoms with van der Waals surface area (Å²) in [5.41, 5.74) is 2.10. The van der Waals surface area contributed by atoms with E-state index < -0.39 is 5.54 Å². The molecule has 0 aliphatic carbocycles. The highest BCUT2D eigenvalue weighted by atomic mass is 32.2. The minimum absolute atomic E-state index is 0.456. The van der Waals surface area contributed by atoms with Crippen LogP contribution in [-0.4, -0.2) is 18.3 Å². The minimum Gasteiger partial charge on any atom is -0.302 e. The van der Waals surface area contributed by atoms with Crippen LogP contribution in [0.2, 0.25) is 0 Å². The molecule has 1 rings (SSSR count). The van der Waals surface area contributed by atoms with Gasteiger partial charge in [-0.1, -0.05) is 17.7 Å². The number of hydrogen-bond acceptors (Lipinski definition) is 3. The fraction of sp³-hybridized carbons (Fsp3) is 0.462. The predicted molar refractivity (Wildman–Crippen MR) is 69.7 cm³/mol. The highest BCUT2D eigenvalue weighted by Crippen LogP contribution is 2.26. The summed E-state index contributed by atoms with van der Waals surface area (Å²) >= 11 is 1.73. The number of hydrogen-bond donors (Lipinski definition) is 1. The largest absolute Gasteiger partial charge is 0.302 e. The molecular formula is C13H18N2S. The van der Waals surface area contributed by atoms with Crippen LogP contribution in [0.3, 0.4) is 0 Å². The van der Waals surface area contributed by atoms with Crippen molar-refractivity contribution in [2.75, 3.05) is 12.8 Å². The number of nitrogens with one attached hydrogen (secondary N) is 1. The first-order valence-electron chi connectivity index (χ1n) is 5.31. The van der Waals surface area contributed by atoms with Crippen molar-refractivity contribution in [1.82, 2.24) is 5.32 Å². The summed E-state index contributed by atoms with van der Waals surface area (Å²) in [4.78, 5) is 1.25. The third kappa shape index (κ3) is 3.26. The zero-order valence-electron chi connectivity index (χ0n) is 10.3. The van der Waals surface area contributed by atoms with Crippen molar-refractivity contribution >= 4 is 11.8 Å². The molecule has 0 radical (unpaired) electrons. The van der Waals surface area contributed by atoms with E-state index in [1.165, 1.54) is 16.0 Å². The summed E-state index contributed by atoms with van der Waals surface area (Å²) in [5, 5.41) is 12.1. The number of nitriles is 1. The van der Waals surface area contributed by atoms with E-state index in [0.717, 1.165) is 5.75 Å². The lowest BCUT2D eigenvalue weighted by Gasteiger charge is -2.20. The zero-order valence-corrected chi connectivity index (χ0v) is 11.1. The summed E-state index contributed by atoms with van der Waals surface area (Å²) in [5.74, 6) is 0.754. The molecule has 0 aliphatic heterocycles. The molecule has 0 fully saturated rings. The summed E-state index contributed by atoms with van der Waals surface area (Å²) in [7, 11) is 1.83. The van der Waals surface area contributed by atoms with Crippen LogP contribution in [-0.2, 0) is 0 Å². The van der Waals surface area contributed by atoms with Crippen molar-refractivity contribution < 1.29 is 0 Å². The second kappa shape index (κ2) is 5.38. The van der Waals surface area contributed by atoms with Crippen molar-refractivity contribution in [3.63, 3.8) is 0 Å². The highest BCUT2D eigenvalue weighted by Gasteiger charge is 2.21. The Morgan fingerprint density at radius 1 is 1.44 bits per heavy atom. The van der Waals surface area contributed by atoms with E-state index in [-0.39, 0.29) is 0 Å². The monoisotopic (exact) mass is 234 g/mol. The van der Waals surface area contributed by atoms with Crippen LogP contribution < -0.4 is 5.32 Å². The SMILES string of the molecule is CNC(C)(C#N)CSc1ccc(C)cc1C. The van der Waals surface area contributed by atoms with Crippen LogP contribution in [0.15, 0.2) is 23.1 Å². The van der Waals surface area contributed by atoms with Crippen molar-refractivity contribution in [2.24, 2.45) is 0 Å². The zero-order chi connectivity index (χ0) is 12.2. The summed E-state index contributed by atoms with van der Waals surface area (Å²) < 4.78 is 0. The topological polar surface area (TPSA) is 35.8 Å². The van der Waals surface area contributed by atoms with E-state index in [4.69, 9.17) is 5.26 Å². The van der Waals surface area contributed by atoms with Crippen LogP contribution in [0.4, 0.5) is 0 Å². The van der Waals surface area contributed by atoms with Gasteiger partial charge in [0.05, 0.1) is 6.07 Å². The van der Waals surface area contributed by atoms with E-state index in [0.29, 0.717) is 0 Å². The lowest BCUT2D eigenvalue weighted by atomic mass is 10.1. The summed E-state index contributed by atoms with van der Waals surface area (Å²) in [6, 6.07) is 8.71. The molecular weight excluding hydrogens is 216 g/mol. The van der Waals surface area contributed by atoms with Crippen LogP contribution in [0.1, 0.15) is 18.1 Å². The lowest BCUT2D eigenvalue weighted by molar-refractivity contribution is 0.550. The Morgan fingerprint density at radius 2 is 2.12 bits per heavy atom. The number of aryl methyl sites for hydroxylation is 2. The normalized spacial score (nSPS) is 14.2. The molecule has 0 heterocycles. The second-order valence-corrected chi connectivity index (χ2v) is 5.27. The van der Waals surface area contributed by atoms with Gasteiger partial charge in [0.1, 0.15) is 5.54 Å². The quantitative estimate of drug-likeness (QED) is 0.814. The molecule has 0 saturated heterocycles. The van der Waals surface area contributed by atoms with Gasteiger partial charge in [-0.3, -0.25) is 0 Å². The molecule has 16 heavy (non-hydrogen) atoms. The third-order valence-corrected chi connectivity index (χ3v) is 4.14. The van der Waals surface area contributed by atoms with Crippen molar-refractivity contribution in [3.8, 4) is 6.07 Å². The van der Waals surface area contributed by atoms with E-state index in [2.05, 4.69) is 43.4 Å². The van der Waals surface area contributed by atoms with Gasteiger partial charge < -0.3 is 5.32 Å². The molecule has 0 bridgehead atoms. The van der Waals surface area contributed by atoms with Crippen LogP contribution in [0, 0.1) is 25.2 Å². The Kier molecular flexibility index (Phi) is 4.40. The minimum atomic E-state index is -0.456. The number of thioether (sulfide) groups is 1. The van der Waals surface area contributed by atoms with Gasteiger partial charge in [0.25, 0.3) is 0 Å². The molecule has 2 nitrogen and oxygen atoms in total. The average Bonchev–Trinajstić information content (AvgIpc) is 2.27. The highest BCUT2D eigenvalue weighted by molar-refractivity contribution is 7.99. The van der Waals surface area contributed by atoms with Crippen LogP contribution in [0.25, 0.3) is 0 Å². The lowest BCUT2D eigenvalue weighted by Crippen LogP contribution is -2.40. The molecule has 0 spiro atoms. The fourth-order valence-electron chi connectivity index (χ4n) is 1.34. The van der Waals surface area contributed by atoms with E-state index in [9.17, 15) is 0 Å². The van der Waals surface area contributed by atoms with Gasteiger partial charge in [0, 0.05) is 10.6 Å². The molecule has 86 valence electrons. The molecule has 1 atom stereocenters. The molecule has 0 amide bonds. The van der Waals surface area contributed by atoms with E-state index in [1.54, 1.807) is 11.8 Å². The Hall–Kier alpha value is -0.980. The molecule has 0 saturated carbocycles. The van der Waals surface area contributed by atoms with Gasteiger partial charge in [0.15, 0.2) is 0 Å². The Labute approximate surface area is 102 Å². The van der Waals surface area contributed by atoms with Crippen LogP contribution >= 0.6 is 11.8 Å². The van der Waals surface area contributed by atoms with Crippen molar-refractivity contribution in [1.29, 1.82) is 5.26 Å². The molecule has 0 aliphatic rings. The Balaban J connectivity index is 2.72. The van der Waals surface area contributed by atoms with Gasteiger partial charge in [-0.05, 0) is 39.4 Å². The predicted octanol–water partition coefficient (Wildman–Crippen LogP) is 2.90. The van der Waals surface area contributed by atoms with E-state index >= 15 is 0 Å². The number of benzene rings is 1. The maximum Gasteiger partial charge on any atom is 0.113 e. The van der Waals surface area contributed by atoms with E-state index in [1.807, 2.05) is 14.0 Å². The Morgan fingerprint density at radius 3 is 2.62 bits per heavy atom. The van der Waals surface area contributed by atoms with Gasteiger partial charge in [0.2, 0.25) is 0 Å². The fourth-order valence-corrected chi connectivity index (χ4v) is 2.45. The van der Waals surface area contributed by atoms with Crippen molar-refractivity contribution in [3.05, 3.63) is 29.3 Å². The van der Waals surface area contributed by atoms with Gasteiger partial charge in [-0.25, -0.2) is 0 Å². The average molecular weight is 234 g/mol. The molecule has 3 heteroatoms. The number of nitrogens with zero attached hydrogens (tertiary/aromatic N) is 1. The second-order valence-electron chi connectivity index (χ2n) is 4.25. The molecule has 1 aromatic rings. The van der Waals surface area contributed by atoms with Gasteiger partial charge in [-0.2, -0.15) is 5.26 Å². The maximum absolute atomic E-state index is 9.05. The standard InChI is InChI=1S/C13H18N2S/c1-10-5-6-12(11(2)7-10)16-9-13(3,8-14)15-4/h5-7,15H,9H2,1-4H3. The summed E-state index contributed by atoms with van der Waals surface area (Å²) in [6.07, 6.45) is 0. The van der Waals surface area contributed by atoms with Crippen molar-refractivity contribution in [2.45, 2.75) is 31.2 Å². The van der Waals surface area contributed by atoms with Gasteiger partial charge in [-0.15, -0.1) is 11.8 Å². The molecule has 1 aromatic carbocycles. The summed E-state index contributed by atoms with van der Waals surface area (Å²) in [6.45, 7) is 6.12. The Bertz CT molecular complexity index is 409. The molecule has 1 N–H and O–H groups in total.